The molecule has 0 radical (unpaired) electrons. The summed E-state index contributed by atoms with van der Waals surface area (Å²) in [5, 5.41) is 0. The van der Waals surface area contributed by atoms with E-state index in [4.69, 9.17) is 28.4 Å². The Bertz CT molecular complexity index is 1080. The molecular formula is C21H16O8. The molecule has 0 amide bonds. The number of carbonyl (C=O) groups excluding carboxylic acids is 2. The van der Waals surface area contributed by atoms with Crippen molar-refractivity contribution in [3.8, 4) is 28.7 Å². The highest BCUT2D eigenvalue weighted by Gasteiger charge is 2.41. The Labute approximate surface area is 165 Å². The van der Waals surface area contributed by atoms with E-state index < -0.39 is 17.9 Å². The Morgan fingerprint density at radius 1 is 1.03 bits per heavy atom. The van der Waals surface area contributed by atoms with Crippen molar-refractivity contribution < 1.29 is 38.0 Å². The molecule has 8 nitrogen and oxygen atoms in total. The van der Waals surface area contributed by atoms with Gasteiger partial charge in [0.25, 0.3) is 0 Å². The average molecular weight is 396 g/mol. The van der Waals surface area contributed by atoms with Gasteiger partial charge in [0, 0.05) is 24.5 Å². The fraction of sp³-hybridized carbons (Fsp3) is 0.238. The SMILES string of the molecule is COc1cc([C@@H]2C3=C(COC3=O)Oc3cc4c(cc32)OCO4)ccc1OC(C)=O. The van der Waals surface area contributed by atoms with Gasteiger partial charge >= 0.3 is 11.9 Å². The molecule has 29 heavy (non-hydrogen) atoms. The summed E-state index contributed by atoms with van der Waals surface area (Å²) in [6.07, 6.45) is 0. The lowest BCUT2D eigenvalue weighted by Crippen LogP contribution is -2.18. The van der Waals surface area contributed by atoms with Crippen molar-refractivity contribution >= 4 is 11.9 Å². The van der Waals surface area contributed by atoms with Gasteiger partial charge in [0.2, 0.25) is 6.79 Å². The van der Waals surface area contributed by atoms with Gasteiger partial charge in [-0.05, 0) is 23.8 Å². The van der Waals surface area contributed by atoms with Crippen LogP contribution in [-0.4, -0.2) is 32.4 Å². The Morgan fingerprint density at radius 2 is 1.83 bits per heavy atom. The largest absolute Gasteiger partial charge is 0.493 e. The quantitative estimate of drug-likeness (QED) is 0.578. The molecule has 0 unspecified atom stereocenters. The third kappa shape index (κ3) is 2.75. The van der Waals surface area contributed by atoms with E-state index in [0.29, 0.717) is 40.1 Å². The van der Waals surface area contributed by atoms with Gasteiger partial charge in [0.1, 0.15) is 12.4 Å². The van der Waals surface area contributed by atoms with Crippen LogP contribution in [0.1, 0.15) is 24.0 Å². The van der Waals surface area contributed by atoms with Crippen molar-refractivity contribution in [2.45, 2.75) is 12.8 Å². The van der Waals surface area contributed by atoms with Gasteiger partial charge in [-0.3, -0.25) is 4.79 Å². The Balaban J connectivity index is 1.67. The number of ether oxygens (including phenoxy) is 6. The first-order valence-electron chi connectivity index (χ1n) is 8.93. The van der Waals surface area contributed by atoms with E-state index in [2.05, 4.69) is 0 Å². The topological polar surface area (TPSA) is 89.5 Å². The molecule has 2 aromatic carbocycles. The fourth-order valence-corrected chi connectivity index (χ4v) is 3.75. The van der Waals surface area contributed by atoms with Gasteiger partial charge < -0.3 is 28.4 Å². The molecule has 5 rings (SSSR count). The average Bonchev–Trinajstić information content (AvgIpc) is 3.31. The Morgan fingerprint density at radius 3 is 2.59 bits per heavy atom. The Kier molecular flexibility index (Phi) is 3.87. The van der Waals surface area contributed by atoms with E-state index in [1.165, 1.54) is 14.0 Å². The van der Waals surface area contributed by atoms with E-state index in [-0.39, 0.29) is 13.4 Å². The lowest BCUT2D eigenvalue weighted by Gasteiger charge is -2.26. The maximum Gasteiger partial charge on any atom is 0.339 e. The van der Waals surface area contributed by atoms with E-state index in [9.17, 15) is 9.59 Å². The zero-order valence-electron chi connectivity index (χ0n) is 15.6. The summed E-state index contributed by atoms with van der Waals surface area (Å²) in [7, 11) is 1.48. The van der Waals surface area contributed by atoms with Crippen LogP contribution >= 0.6 is 0 Å². The standard InChI is InChI=1S/C21H16O8/c1-10(22)28-13-4-3-11(5-15(13)24-2)19-12-6-16-17(27-9-26-16)7-14(12)29-18-8-25-21(23)20(18)19/h3-7,19H,8-9H2,1-2H3/t19-/m0/s1. The van der Waals surface area contributed by atoms with E-state index in [0.717, 1.165) is 11.1 Å². The van der Waals surface area contributed by atoms with Crippen molar-refractivity contribution in [2.24, 2.45) is 0 Å². The second kappa shape index (κ2) is 6.44. The summed E-state index contributed by atoms with van der Waals surface area (Å²) in [6, 6.07) is 8.71. The molecule has 0 fully saturated rings. The van der Waals surface area contributed by atoms with Gasteiger partial charge in [-0.15, -0.1) is 0 Å². The predicted molar refractivity (Wildman–Crippen MR) is 97.3 cm³/mol. The molecule has 0 N–H and O–H groups in total. The van der Waals surface area contributed by atoms with Gasteiger partial charge in [-0.25, -0.2) is 4.79 Å². The number of fused-ring (bicyclic) bond motifs is 2. The van der Waals surface area contributed by atoms with Crippen LogP contribution in [0.5, 0.6) is 28.7 Å². The minimum atomic E-state index is -0.460. The van der Waals surface area contributed by atoms with Crippen molar-refractivity contribution in [3.05, 3.63) is 52.8 Å². The molecule has 0 saturated carbocycles. The molecule has 0 bridgehead atoms. The molecule has 2 aromatic rings. The first-order valence-corrected chi connectivity index (χ1v) is 8.93. The lowest BCUT2D eigenvalue weighted by molar-refractivity contribution is -0.136. The number of rotatable bonds is 3. The van der Waals surface area contributed by atoms with Crippen LogP contribution < -0.4 is 23.7 Å². The summed E-state index contributed by atoms with van der Waals surface area (Å²) in [5.41, 5.74) is 1.93. The molecule has 0 spiro atoms. The first-order chi connectivity index (χ1) is 14.0. The third-order valence-electron chi connectivity index (χ3n) is 4.97. The van der Waals surface area contributed by atoms with Gasteiger partial charge in [-0.1, -0.05) is 6.07 Å². The minimum absolute atomic E-state index is 0.0706. The van der Waals surface area contributed by atoms with Crippen LogP contribution in [0.25, 0.3) is 0 Å². The summed E-state index contributed by atoms with van der Waals surface area (Å²) in [4.78, 5) is 23.8. The molecular weight excluding hydrogens is 380 g/mol. The molecule has 3 aliphatic heterocycles. The number of carbonyl (C=O) groups is 2. The molecule has 0 saturated heterocycles. The molecule has 3 aliphatic rings. The summed E-state index contributed by atoms with van der Waals surface area (Å²) in [5.74, 6) is 1.52. The van der Waals surface area contributed by atoms with Gasteiger partial charge in [0.15, 0.2) is 28.8 Å². The molecule has 0 aromatic heterocycles. The van der Waals surface area contributed by atoms with E-state index in [1.54, 1.807) is 24.3 Å². The van der Waals surface area contributed by atoms with Gasteiger partial charge in [-0.2, -0.15) is 0 Å². The number of benzene rings is 2. The highest BCUT2D eigenvalue weighted by molar-refractivity contribution is 5.95. The third-order valence-corrected chi connectivity index (χ3v) is 4.97. The minimum Gasteiger partial charge on any atom is -0.493 e. The number of cyclic esters (lactones) is 1. The van der Waals surface area contributed by atoms with Crippen molar-refractivity contribution in [3.63, 3.8) is 0 Å². The number of methoxy groups -OCH3 is 1. The van der Waals surface area contributed by atoms with E-state index >= 15 is 0 Å². The second-order valence-corrected chi connectivity index (χ2v) is 6.70. The zero-order chi connectivity index (χ0) is 20.1. The maximum atomic E-state index is 12.5. The molecule has 3 heterocycles. The summed E-state index contributed by atoms with van der Waals surface area (Å²) in [6.45, 7) is 1.51. The van der Waals surface area contributed by atoms with Crippen LogP contribution in [0.15, 0.2) is 41.7 Å². The van der Waals surface area contributed by atoms with Crippen molar-refractivity contribution in [1.29, 1.82) is 0 Å². The summed E-state index contributed by atoms with van der Waals surface area (Å²) < 4.78 is 32.7. The zero-order valence-corrected chi connectivity index (χ0v) is 15.6. The normalized spacial score (nSPS) is 18.6. The smallest absolute Gasteiger partial charge is 0.339 e. The molecule has 0 aliphatic carbocycles. The fourth-order valence-electron chi connectivity index (χ4n) is 3.75. The van der Waals surface area contributed by atoms with Crippen LogP contribution in [0.2, 0.25) is 0 Å². The number of hydrogen-bond acceptors (Lipinski definition) is 8. The van der Waals surface area contributed by atoms with Gasteiger partial charge in [0.05, 0.1) is 12.7 Å². The van der Waals surface area contributed by atoms with Crippen LogP contribution in [0.4, 0.5) is 0 Å². The van der Waals surface area contributed by atoms with E-state index in [1.807, 2.05) is 6.07 Å². The highest BCUT2D eigenvalue weighted by atomic mass is 16.7. The Hall–Kier alpha value is -3.68. The van der Waals surface area contributed by atoms with Crippen LogP contribution in [0.3, 0.4) is 0 Å². The highest BCUT2D eigenvalue weighted by Crippen LogP contribution is 2.50. The lowest BCUT2D eigenvalue weighted by atomic mass is 9.82. The summed E-state index contributed by atoms with van der Waals surface area (Å²) >= 11 is 0. The number of hydrogen-bond donors (Lipinski definition) is 0. The molecule has 1 atom stereocenters. The van der Waals surface area contributed by atoms with Crippen molar-refractivity contribution in [2.75, 3.05) is 20.5 Å². The first kappa shape index (κ1) is 17.4. The van der Waals surface area contributed by atoms with Crippen molar-refractivity contribution in [1.82, 2.24) is 0 Å². The monoisotopic (exact) mass is 396 g/mol. The van der Waals surface area contributed by atoms with Crippen LogP contribution in [0, 0.1) is 0 Å². The van der Waals surface area contributed by atoms with Crippen LogP contribution in [-0.2, 0) is 14.3 Å². The molecule has 148 valence electrons. The maximum absolute atomic E-state index is 12.5. The predicted octanol–water partition coefficient (Wildman–Crippen LogP) is 2.68. The number of esters is 2. The second-order valence-electron chi connectivity index (χ2n) is 6.70. The molecule has 8 heteroatoms.